The topological polar surface area (TPSA) is 23.6 Å². The quantitative estimate of drug-likeness (QED) is 0.531. The van der Waals surface area contributed by atoms with Crippen molar-refractivity contribution in [3.8, 4) is 0 Å². The molecule has 0 aromatic rings. The van der Waals surface area contributed by atoms with Gasteiger partial charge < -0.3 is 9.80 Å². The highest BCUT2D eigenvalue weighted by Crippen LogP contribution is 2.19. The zero-order chi connectivity index (χ0) is 14.3. The van der Waals surface area contributed by atoms with Crippen LogP contribution in [0.2, 0.25) is 0 Å². The summed E-state index contributed by atoms with van der Waals surface area (Å²) in [4.78, 5) is 16.4. The Hall–Kier alpha value is -0.280. The van der Waals surface area contributed by atoms with E-state index in [0.717, 1.165) is 51.2 Å². The summed E-state index contributed by atoms with van der Waals surface area (Å²) in [6, 6.07) is 0.607. The van der Waals surface area contributed by atoms with E-state index in [-0.39, 0.29) is 0 Å². The molecule has 0 aliphatic carbocycles. The van der Waals surface area contributed by atoms with Crippen molar-refractivity contribution in [2.24, 2.45) is 5.92 Å². The van der Waals surface area contributed by atoms with E-state index in [0.29, 0.717) is 24.2 Å². The standard InChI is InChI=1S/C15H29ClN2O/c1-13(2)17(3)12-14-7-10-18(11-8-14)15(19)6-4-5-9-16/h13-14H,4-12H2,1-3H3. The fraction of sp³-hybridized carbons (Fsp3) is 0.933. The fourth-order valence-electron chi connectivity index (χ4n) is 2.51. The Labute approximate surface area is 123 Å². The van der Waals surface area contributed by atoms with Crippen LogP contribution in [0, 0.1) is 5.92 Å². The molecular weight excluding hydrogens is 260 g/mol. The van der Waals surface area contributed by atoms with Crippen molar-refractivity contribution in [3.05, 3.63) is 0 Å². The van der Waals surface area contributed by atoms with Crippen LogP contribution in [0.5, 0.6) is 0 Å². The van der Waals surface area contributed by atoms with Gasteiger partial charge in [0.05, 0.1) is 0 Å². The number of amides is 1. The molecule has 0 radical (unpaired) electrons. The van der Waals surface area contributed by atoms with E-state index in [1.54, 1.807) is 0 Å². The van der Waals surface area contributed by atoms with Crippen LogP contribution in [-0.2, 0) is 4.79 Å². The second kappa shape index (κ2) is 8.80. The molecule has 1 heterocycles. The summed E-state index contributed by atoms with van der Waals surface area (Å²) in [6.07, 6.45) is 4.85. The highest BCUT2D eigenvalue weighted by Gasteiger charge is 2.23. The highest BCUT2D eigenvalue weighted by atomic mass is 35.5. The third kappa shape index (κ3) is 6.13. The SMILES string of the molecule is CC(C)N(C)CC1CCN(C(=O)CCCCCl)CC1. The fourth-order valence-corrected chi connectivity index (χ4v) is 2.70. The molecule has 4 heteroatoms. The van der Waals surface area contributed by atoms with Crippen molar-refractivity contribution in [2.75, 3.05) is 32.6 Å². The molecule has 0 atom stereocenters. The minimum Gasteiger partial charge on any atom is -0.343 e. The molecule has 0 N–H and O–H groups in total. The van der Waals surface area contributed by atoms with Crippen LogP contribution in [0.15, 0.2) is 0 Å². The Balaban J connectivity index is 2.23. The molecule has 112 valence electrons. The molecule has 3 nitrogen and oxygen atoms in total. The van der Waals surface area contributed by atoms with Crippen LogP contribution in [0.1, 0.15) is 46.0 Å². The number of nitrogens with zero attached hydrogens (tertiary/aromatic N) is 2. The third-order valence-corrected chi connectivity index (χ3v) is 4.44. The summed E-state index contributed by atoms with van der Waals surface area (Å²) in [6.45, 7) is 7.50. The molecule has 1 saturated heterocycles. The second-order valence-electron chi connectivity index (χ2n) is 6.00. The first-order valence-corrected chi connectivity index (χ1v) is 8.12. The van der Waals surface area contributed by atoms with E-state index in [2.05, 4.69) is 25.8 Å². The third-order valence-electron chi connectivity index (χ3n) is 4.17. The summed E-state index contributed by atoms with van der Waals surface area (Å²) < 4.78 is 0. The Bertz CT molecular complexity index is 263. The summed E-state index contributed by atoms with van der Waals surface area (Å²) >= 11 is 5.63. The summed E-state index contributed by atoms with van der Waals surface area (Å²) in [5.74, 6) is 1.73. The number of rotatable bonds is 7. The molecule has 1 aliphatic heterocycles. The van der Waals surface area contributed by atoms with E-state index in [1.165, 1.54) is 0 Å². The molecular formula is C15H29ClN2O. The average molecular weight is 289 g/mol. The van der Waals surface area contributed by atoms with E-state index in [9.17, 15) is 4.79 Å². The van der Waals surface area contributed by atoms with Gasteiger partial charge in [0.15, 0.2) is 0 Å². The van der Waals surface area contributed by atoms with E-state index >= 15 is 0 Å². The van der Waals surface area contributed by atoms with Gasteiger partial charge in [0.2, 0.25) is 5.91 Å². The molecule has 0 aromatic heterocycles. The first kappa shape index (κ1) is 16.8. The molecule has 0 aromatic carbocycles. The molecule has 1 amide bonds. The van der Waals surface area contributed by atoms with Crippen molar-refractivity contribution in [2.45, 2.75) is 52.0 Å². The van der Waals surface area contributed by atoms with Crippen molar-refractivity contribution in [1.29, 1.82) is 0 Å². The van der Waals surface area contributed by atoms with E-state index in [1.807, 2.05) is 4.90 Å². The molecule has 0 unspecified atom stereocenters. The van der Waals surface area contributed by atoms with Gasteiger partial charge in [-0.2, -0.15) is 0 Å². The van der Waals surface area contributed by atoms with E-state index < -0.39 is 0 Å². The lowest BCUT2D eigenvalue weighted by Gasteiger charge is -2.35. The van der Waals surface area contributed by atoms with Crippen molar-refractivity contribution in [3.63, 3.8) is 0 Å². The summed E-state index contributed by atoms with van der Waals surface area (Å²) in [5.41, 5.74) is 0. The predicted molar refractivity (Wildman–Crippen MR) is 81.6 cm³/mol. The predicted octanol–water partition coefficient (Wildman–Crippen LogP) is 2.97. The molecule has 1 rings (SSSR count). The Morgan fingerprint density at radius 1 is 1.32 bits per heavy atom. The van der Waals surface area contributed by atoms with Crippen LogP contribution < -0.4 is 0 Å². The van der Waals surface area contributed by atoms with Crippen molar-refractivity contribution in [1.82, 2.24) is 9.80 Å². The molecule has 0 bridgehead atoms. The lowest BCUT2D eigenvalue weighted by molar-refractivity contribution is -0.132. The maximum absolute atomic E-state index is 12.0. The number of likely N-dealkylation sites (tertiary alicyclic amines) is 1. The van der Waals surface area contributed by atoms with Gasteiger partial charge in [-0.1, -0.05) is 0 Å². The molecule has 0 saturated carbocycles. The van der Waals surface area contributed by atoms with Gasteiger partial charge >= 0.3 is 0 Å². The average Bonchev–Trinajstić information content (AvgIpc) is 2.39. The smallest absolute Gasteiger partial charge is 0.222 e. The first-order chi connectivity index (χ1) is 9.04. The molecule has 19 heavy (non-hydrogen) atoms. The zero-order valence-corrected chi connectivity index (χ0v) is 13.5. The Kier molecular flexibility index (Phi) is 7.77. The number of hydrogen-bond donors (Lipinski definition) is 0. The van der Waals surface area contributed by atoms with E-state index in [4.69, 9.17) is 11.6 Å². The van der Waals surface area contributed by atoms with Gasteiger partial charge in [0.25, 0.3) is 0 Å². The summed E-state index contributed by atoms with van der Waals surface area (Å²) in [7, 11) is 2.19. The maximum Gasteiger partial charge on any atom is 0.222 e. The minimum atomic E-state index is 0.320. The normalized spacial score (nSPS) is 17.5. The number of hydrogen-bond acceptors (Lipinski definition) is 2. The number of carbonyl (C=O) groups excluding carboxylic acids is 1. The second-order valence-corrected chi connectivity index (χ2v) is 6.38. The number of alkyl halides is 1. The summed E-state index contributed by atoms with van der Waals surface area (Å²) in [5, 5.41) is 0. The van der Waals surface area contributed by atoms with Gasteiger partial charge in [-0.25, -0.2) is 0 Å². The van der Waals surface area contributed by atoms with Gasteiger partial charge in [0.1, 0.15) is 0 Å². The molecule has 1 fully saturated rings. The van der Waals surface area contributed by atoms with Crippen molar-refractivity contribution < 1.29 is 4.79 Å². The highest BCUT2D eigenvalue weighted by molar-refractivity contribution is 6.17. The molecule has 0 spiro atoms. The zero-order valence-electron chi connectivity index (χ0n) is 12.7. The van der Waals surface area contributed by atoms with Crippen LogP contribution in [0.3, 0.4) is 0 Å². The number of carbonyl (C=O) groups is 1. The number of halogens is 1. The Morgan fingerprint density at radius 2 is 1.95 bits per heavy atom. The number of unbranched alkanes of at least 4 members (excludes halogenated alkanes) is 1. The lowest BCUT2D eigenvalue weighted by atomic mass is 9.95. The van der Waals surface area contributed by atoms with Crippen LogP contribution >= 0.6 is 11.6 Å². The largest absolute Gasteiger partial charge is 0.343 e. The van der Waals surface area contributed by atoms with Gasteiger partial charge in [-0.15, -0.1) is 11.6 Å². The minimum absolute atomic E-state index is 0.320. The van der Waals surface area contributed by atoms with Crippen molar-refractivity contribution >= 4 is 17.5 Å². The van der Waals surface area contributed by atoms with Crippen LogP contribution in [0.25, 0.3) is 0 Å². The lowest BCUT2D eigenvalue weighted by Crippen LogP contribution is -2.42. The number of piperidine rings is 1. The van der Waals surface area contributed by atoms with Crippen LogP contribution in [0.4, 0.5) is 0 Å². The monoisotopic (exact) mass is 288 g/mol. The van der Waals surface area contributed by atoms with Gasteiger partial charge in [0, 0.05) is 38.0 Å². The maximum atomic E-state index is 12.0. The van der Waals surface area contributed by atoms with Gasteiger partial charge in [-0.05, 0) is 52.5 Å². The van der Waals surface area contributed by atoms with Crippen LogP contribution in [-0.4, -0.2) is 54.3 Å². The molecule has 1 aliphatic rings. The Morgan fingerprint density at radius 3 is 2.47 bits per heavy atom. The first-order valence-electron chi connectivity index (χ1n) is 7.58. The van der Waals surface area contributed by atoms with Gasteiger partial charge in [-0.3, -0.25) is 4.79 Å².